The molecular formula is C23H23N3O3. The predicted molar refractivity (Wildman–Crippen MR) is 113 cm³/mol. The molecule has 1 amide bonds. The topological polar surface area (TPSA) is 63.7 Å². The van der Waals surface area contributed by atoms with Gasteiger partial charge in [-0.25, -0.2) is 0 Å². The SMILES string of the molecule is CCN(C(=O)c1cc(NCc2ccc3c(c2)OCO3)ccn1)c1cccc(C)c1. The molecule has 3 aromatic rings. The van der Waals surface area contributed by atoms with E-state index < -0.39 is 0 Å². The lowest BCUT2D eigenvalue weighted by molar-refractivity contribution is 0.0983. The molecule has 0 saturated carbocycles. The minimum Gasteiger partial charge on any atom is -0.454 e. The first-order valence-electron chi connectivity index (χ1n) is 9.61. The number of nitrogens with zero attached hydrogens (tertiary/aromatic N) is 2. The number of aromatic nitrogens is 1. The van der Waals surface area contributed by atoms with Crippen molar-refractivity contribution in [3.05, 3.63) is 77.6 Å². The first-order chi connectivity index (χ1) is 14.1. The zero-order valence-corrected chi connectivity index (χ0v) is 16.5. The third kappa shape index (κ3) is 4.16. The zero-order chi connectivity index (χ0) is 20.2. The van der Waals surface area contributed by atoms with E-state index in [4.69, 9.17) is 9.47 Å². The molecule has 1 aliphatic rings. The highest BCUT2D eigenvalue weighted by Gasteiger charge is 2.18. The number of anilines is 2. The molecule has 2 heterocycles. The smallest absolute Gasteiger partial charge is 0.276 e. The van der Waals surface area contributed by atoms with Gasteiger partial charge in [-0.15, -0.1) is 0 Å². The first kappa shape index (κ1) is 18.8. The Kier molecular flexibility index (Phi) is 5.33. The summed E-state index contributed by atoms with van der Waals surface area (Å²) in [6.45, 7) is 5.40. The number of fused-ring (bicyclic) bond motifs is 1. The zero-order valence-electron chi connectivity index (χ0n) is 16.5. The van der Waals surface area contributed by atoms with E-state index >= 15 is 0 Å². The number of aryl methyl sites for hydroxylation is 1. The number of hydrogen-bond donors (Lipinski definition) is 1. The van der Waals surface area contributed by atoms with Crippen LogP contribution in [0, 0.1) is 6.92 Å². The van der Waals surface area contributed by atoms with Gasteiger partial charge in [0.2, 0.25) is 6.79 Å². The van der Waals surface area contributed by atoms with Crippen LogP contribution < -0.4 is 19.7 Å². The summed E-state index contributed by atoms with van der Waals surface area (Å²) < 4.78 is 10.8. The number of ether oxygens (including phenoxy) is 2. The fraction of sp³-hybridized carbons (Fsp3) is 0.217. The molecule has 0 spiro atoms. The second-order valence-corrected chi connectivity index (χ2v) is 6.86. The Labute approximate surface area is 170 Å². The number of benzene rings is 2. The highest BCUT2D eigenvalue weighted by atomic mass is 16.7. The normalized spacial score (nSPS) is 11.9. The second-order valence-electron chi connectivity index (χ2n) is 6.86. The number of nitrogens with one attached hydrogen (secondary N) is 1. The Morgan fingerprint density at radius 1 is 1.10 bits per heavy atom. The third-order valence-corrected chi connectivity index (χ3v) is 4.79. The number of carbonyl (C=O) groups is 1. The van der Waals surface area contributed by atoms with Crippen molar-refractivity contribution in [3.63, 3.8) is 0 Å². The fourth-order valence-electron chi connectivity index (χ4n) is 3.29. The van der Waals surface area contributed by atoms with Crippen molar-refractivity contribution < 1.29 is 14.3 Å². The average Bonchev–Trinajstić information content (AvgIpc) is 3.21. The number of pyridine rings is 1. The van der Waals surface area contributed by atoms with Crippen molar-refractivity contribution in [2.75, 3.05) is 23.6 Å². The Balaban J connectivity index is 1.48. The minimum atomic E-state index is -0.121. The van der Waals surface area contributed by atoms with Gasteiger partial charge in [-0.2, -0.15) is 0 Å². The van der Waals surface area contributed by atoms with E-state index in [1.54, 1.807) is 17.2 Å². The van der Waals surface area contributed by atoms with Crippen LogP contribution in [0.3, 0.4) is 0 Å². The second kappa shape index (κ2) is 8.22. The number of hydrogen-bond acceptors (Lipinski definition) is 5. The summed E-state index contributed by atoms with van der Waals surface area (Å²) in [5.74, 6) is 1.40. The van der Waals surface area contributed by atoms with Crippen LogP contribution in [-0.2, 0) is 6.54 Å². The molecule has 0 atom stereocenters. The van der Waals surface area contributed by atoms with E-state index in [9.17, 15) is 4.79 Å². The molecule has 6 heteroatoms. The molecule has 4 rings (SSSR count). The molecule has 0 fully saturated rings. The minimum absolute atomic E-state index is 0.121. The van der Waals surface area contributed by atoms with E-state index in [0.717, 1.165) is 34.0 Å². The first-order valence-corrected chi connectivity index (χ1v) is 9.61. The van der Waals surface area contributed by atoms with Crippen molar-refractivity contribution in [3.8, 4) is 11.5 Å². The molecule has 148 valence electrons. The van der Waals surface area contributed by atoms with Gasteiger partial charge in [0, 0.05) is 30.7 Å². The van der Waals surface area contributed by atoms with Crippen molar-refractivity contribution >= 4 is 17.3 Å². The van der Waals surface area contributed by atoms with Gasteiger partial charge < -0.3 is 19.7 Å². The average molecular weight is 389 g/mol. The molecule has 2 aromatic carbocycles. The van der Waals surface area contributed by atoms with E-state index in [0.29, 0.717) is 18.8 Å². The molecule has 6 nitrogen and oxygen atoms in total. The van der Waals surface area contributed by atoms with Crippen LogP contribution in [0.25, 0.3) is 0 Å². The van der Waals surface area contributed by atoms with Crippen LogP contribution in [0.15, 0.2) is 60.8 Å². The highest BCUT2D eigenvalue weighted by molar-refractivity contribution is 6.05. The number of amides is 1. The van der Waals surface area contributed by atoms with Gasteiger partial charge in [0.05, 0.1) is 0 Å². The van der Waals surface area contributed by atoms with E-state index in [2.05, 4.69) is 10.3 Å². The Bertz CT molecular complexity index is 1040. The van der Waals surface area contributed by atoms with Crippen molar-refractivity contribution in [1.82, 2.24) is 4.98 Å². The van der Waals surface area contributed by atoms with E-state index in [-0.39, 0.29) is 12.7 Å². The van der Waals surface area contributed by atoms with Crippen molar-refractivity contribution in [2.24, 2.45) is 0 Å². The molecule has 1 N–H and O–H groups in total. The Morgan fingerprint density at radius 3 is 2.79 bits per heavy atom. The lowest BCUT2D eigenvalue weighted by Crippen LogP contribution is -2.31. The Hall–Kier alpha value is -3.54. The molecule has 0 bridgehead atoms. The van der Waals surface area contributed by atoms with Gasteiger partial charge in [-0.1, -0.05) is 18.2 Å². The van der Waals surface area contributed by atoms with Gasteiger partial charge in [0.25, 0.3) is 5.91 Å². The number of carbonyl (C=O) groups excluding carboxylic acids is 1. The van der Waals surface area contributed by atoms with Crippen LogP contribution in [0.5, 0.6) is 11.5 Å². The van der Waals surface area contributed by atoms with Gasteiger partial charge in [-0.3, -0.25) is 9.78 Å². The summed E-state index contributed by atoms with van der Waals surface area (Å²) in [5.41, 5.74) is 4.29. The maximum Gasteiger partial charge on any atom is 0.276 e. The van der Waals surface area contributed by atoms with Crippen LogP contribution >= 0.6 is 0 Å². The van der Waals surface area contributed by atoms with Gasteiger partial charge in [0.1, 0.15) is 5.69 Å². The van der Waals surface area contributed by atoms with Crippen LogP contribution in [0.4, 0.5) is 11.4 Å². The summed E-state index contributed by atoms with van der Waals surface area (Å²) in [5, 5.41) is 3.35. The van der Waals surface area contributed by atoms with E-state index in [1.165, 1.54) is 0 Å². The lowest BCUT2D eigenvalue weighted by Gasteiger charge is -2.21. The predicted octanol–water partition coefficient (Wildman–Crippen LogP) is 4.40. The van der Waals surface area contributed by atoms with Crippen LogP contribution in [-0.4, -0.2) is 24.2 Å². The van der Waals surface area contributed by atoms with Gasteiger partial charge >= 0.3 is 0 Å². The molecule has 1 aliphatic heterocycles. The van der Waals surface area contributed by atoms with Gasteiger partial charge in [0.15, 0.2) is 11.5 Å². The summed E-state index contributed by atoms with van der Waals surface area (Å²) >= 11 is 0. The fourth-order valence-corrected chi connectivity index (χ4v) is 3.29. The Morgan fingerprint density at radius 2 is 1.97 bits per heavy atom. The summed E-state index contributed by atoms with van der Waals surface area (Å²) in [6, 6.07) is 17.4. The molecule has 0 saturated heterocycles. The quantitative estimate of drug-likeness (QED) is 0.677. The third-order valence-electron chi connectivity index (χ3n) is 4.79. The maximum atomic E-state index is 13.0. The van der Waals surface area contributed by atoms with Crippen molar-refractivity contribution in [1.29, 1.82) is 0 Å². The molecule has 0 unspecified atom stereocenters. The summed E-state index contributed by atoms with van der Waals surface area (Å²) in [4.78, 5) is 19.1. The monoisotopic (exact) mass is 389 g/mol. The standard InChI is InChI=1S/C23H23N3O3/c1-3-26(19-6-4-5-16(2)11-19)23(27)20-13-18(9-10-24-20)25-14-17-7-8-21-22(12-17)29-15-28-21/h4-13H,3,14-15H2,1-2H3,(H,24,25). The summed E-state index contributed by atoms with van der Waals surface area (Å²) in [6.07, 6.45) is 1.65. The highest BCUT2D eigenvalue weighted by Crippen LogP contribution is 2.32. The molecular weight excluding hydrogens is 366 g/mol. The summed E-state index contributed by atoms with van der Waals surface area (Å²) in [7, 11) is 0. The van der Waals surface area contributed by atoms with Crippen LogP contribution in [0.1, 0.15) is 28.5 Å². The largest absolute Gasteiger partial charge is 0.454 e. The van der Waals surface area contributed by atoms with Gasteiger partial charge in [-0.05, 0) is 61.4 Å². The molecule has 29 heavy (non-hydrogen) atoms. The molecule has 0 radical (unpaired) electrons. The number of rotatable bonds is 6. The molecule has 0 aliphatic carbocycles. The lowest BCUT2D eigenvalue weighted by atomic mass is 10.2. The van der Waals surface area contributed by atoms with Crippen LogP contribution in [0.2, 0.25) is 0 Å². The van der Waals surface area contributed by atoms with E-state index in [1.807, 2.05) is 62.4 Å². The molecule has 1 aromatic heterocycles. The maximum absolute atomic E-state index is 13.0. The van der Waals surface area contributed by atoms with Crippen molar-refractivity contribution in [2.45, 2.75) is 20.4 Å².